The van der Waals surface area contributed by atoms with Gasteiger partial charge < -0.3 is 4.98 Å². The quantitative estimate of drug-likeness (QED) is 0.596. The molecule has 0 unspecified atom stereocenters. The normalized spacial score (nSPS) is 11.5. The molecule has 0 atom stereocenters. The van der Waals surface area contributed by atoms with Gasteiger partial charge in [-0.1, -0.05) is 36.4 Å². The van der Waals surface area contributed by atoms with Crippen LogP contribution in [0, 0.1) is 0 Å². The maximum absolute atomic E-state index is 11.8. The summed E-state index contributed by atoms with van der Waals surface area (Å²) < 4.78 is 1.45. The van der Waals surface area contributed by atoms with Crippen molar-refractivity contribution in [1.29, 1.82) is 0 Å². The van der Waals surface area contributed by atoms with E-state index in [0.717, 1.165) is 11.1 Å². The van der Waals surface area contributed by atoms with Gasteiger partial charge in [-0.05, 0) is 17.9 Å². The molecule has 0 saturated heterocycles. The van der Waals surface area contributed by atoms with Crippen molar-refractivity contribution < 1.29 is 0 Å². The van der Waals surface area contributed by atoms with Crippen molar-refractivity contribution >= 4 is 35.1 Å². The van der Waals surface area contributed by atoms with E-state index in [0.29, 0.717) is 16.5 Å². The molecule has 0 radical (unpaired) electrons. The fraction of sp³-hybridized carbons (Fsp3) is 0.133. The molecule has 1 N–H and O–H groups in total. The summed E-state index contributed by atoms with van der Waals surface area (Å²) >= 11 is 1.43. The molecule has 3 rings (SSSR count). The van der Waals surface area contributed by atoms with Gasteiger partial charge in [0, 0.05) is 7.05 Å². The minimum absolute atomic E-state index is 0.295. The van der Waals surface area contributed by atoms with Crippen molar-refractivity contribution in [3.05, 3.63) is 52.2 Å². The molecule has 21 heavy (non-hydrogen) atoms. The van der Waals surface area contributed by atoms with Gasteiger partial charge in [0.15, 0.2) is 5.65 Å². The zero-order chi connectivity index (χ0) is 14.8. The molecule has 0 spiro atoms. The molecular formula is C15H14N4OS. The minimum Gasteiger partial charge on any atom is -0.335 e. The summed E-state index contributed by atoms with van der Waals surface area (Å²) in [5, 5.41) is 0.667. The van der Waals surface area contributed by atoms with Crippen molar-refractivity contribution in [2.24, 2.45) is 7.05 Å². The first-order valence-corrected chi connectivity index (χ1v) is 7.65. The van der Waals surface area contributed by atoms with Gasteiger partial charge in [0.05, 0.1) is 0 Å². The van der Waals surface area contributed by atoms with Gasteiger partial charge in [0.25, 0.3) is 0 Å². The van der Waals surface area contributed by atoms with E-state index in [2.05, 4.69) is 15.0 Å². The number of H-pyrrole nitrogens is 1. The van der Waals surface area contributed by atoms with Crippen LogP contribution in [0.1, 0.15) is 11.4 Å². The van der Waals surface area contributed by atoms with E-state index >= 15 is 0 Å². The molecule has 6 heteroatoms. The SMILES string of the molecule is CSc1nc(=O)n(C)c2nc(/C=C/c3ccccc3)[nH]c12. The summed E-state index contributed by atoms with van der Waals surface area (Å²) in [6.45, 7) is 0. The largest absolute Gasteiger partial charge is 0.350 e. The van der Waals surface area contributed by atoms with Crippen LogP contribution >= 0.6 is 11.8 Å². The molecule has 0 amide bonds. The molecule has 2 heterocycles. The second kappa shape index (κ2) is 5.57. The lowest BCUT2D eigenvalue weighted by molar-refractivity contribution is 0.816. The van der Waals surface area contributed by atoms with Crippen LogP contribution in [0.3, 0.4) is 0 Å². The van der Waals surface area contributed by atoms with E-state index in [-0.39, 0.29) is 5.69 Å². The summed E-state index contributed by atoms with van der Waals surface area (Å²) in [7, 11) is 1.67. The number of thioether (sulfide) groups is 1. The topological polar surface area (TPSA) is 63.6 Å². The fourth-order valence-corrected chi connectivity index (χ4v) is 2.56. The maximum Gasteiger partial charge on any atom is 0.350 e. The van der Waals surface area contributed by atoms with Crippen molar-refractivity contribution in [1.82, 2.24) is 19.5 Å². The number of fused-ring (bicyclic) bond motifs is 1. The molecule has 1 aromatic carbocycles. The van der Waals surface area contributed by atoms with Crippen LogP contribution < -0.4 is 5.69 Å². The molecule has 106 valence electrons. The highest BCUT2D eigenvalue weighted by molar-refractivity contribution is 7.98. The molecule has 0 fully saturated rings. The van der Waals surface area contributed by atoms with E-state index in [1.54, 1.807) is 7.05 Å². The van der Waals surface area contributed by atoms with E-state index in [9.17, 15) is 4.79 Å². The summed E-state index contributed by atoms with van der Waals surface area (Å²) in [5.74, 6) is 0.701. The summed E-state index contributed by atoms with van der Waals surface area (Å²) in [6, 6.07) is 9.98. The smallest absolute Gasteiger partial charge is 0.335 e. The Balaban J connectivity index is 2.07. The molecule has 0 aliphatic heterocycles. The van der Waals surface area contributed by atoms with Crippen LogP contribution in [-0.2, 0) is 7.05 Å². The molecule has 0 saturated carbocycles. The van der Waals surface area contributed by atoms with Crippen molar-refractivity contribution in [2.75, 3.05) is 6.26 Å². The van der Waals surface area contributed by atoms with Crippen LogP contribution in [0.15, 0.2) is 40.2 Å². The fourth-order valence-electron chi connectivity index (χ4n) is 2.05. The predicted octanol–water partition coefficient (Wildman–Crippen LogP) is 2.55. The molecular weight excluding hydrogens is 284 g/mol. The highest BCUT2D eigenvalue weighted by Crippen LogP contribution is 2.20. The molecule has 0 bridgehead atoms. The van der Waals surface area contributed by atoms with Crippen LogP contribution in [0.2, 0.25) is 0 Å². The zero-order valence-corrected chi connectivity index (χ0v) is 12.5. The van der Waals surface area contributed by atoms with E-state index in [4.69, 9.17) is 0 Å². The Morgan fingerprint density at radius 2 is 1.95 bits per heavy atom. The number of rotatable bonds is 3. The Morgan fingerprint density at radius 1 is 1.19 bits per heavy atom. The average Bonchev–Trinajstić information content (AvgIpc) is 2.94. The maximum atomic E-state index is 11.8. The minimum atomic E-state index is -0.295. The second-order valence-corrected chi connectivity index (χ2v) is 5.32. The predicted molar refractivity (Wildman–Crippen MR) is 86.3 cm³/mol. The van der Waals surface area contributed by atoms with E-state index in [1.165, 1.54) is 16.3 Å². The zero-order valence-electron chi connectivity index (χ0n) is 11.7. The highest BCUT2D eigenvalue weighted by atomic mass is 32.2. The first-order chi connectivity index (χ1) is 10.2. The number of hydrogen-bond acceptors (Lipinski definition) is 4. The van der Waals surface area contributed by atoms with Gasteiger partial charge in [-0.2, -0.15) is 4.98 Å². The van der Waals surface area contributed by atoms with Crippen LogP contribution in [-0.4, -0.2) is 25.8 Å². The lowest BCUT2D eigenvalue weighted by Gasteiger charge is -2.00. The molecule has 5 nitrogen and oxygen atoms in total. The van der Waals surface area contributed by atoms with Crippen LogP contribution in [0.25, 0.3) is 23.3 Å². The standard InChI is InChI=1S/C15H14N4OS/c1-19-13-12(14(21-2)18-15(19)20)16-11(17-13)9-8-10-6-4-3-5-7-10/h3-9H,1-2H3,(H,16,17)/b9-8+. The summed E-state index contributed by atoms with van der Waals surface area (Å²) in [4.78, 5) is 23.5. The number of nitrogens with one attached hydrogen (secondary N) is 1. The lowest BCUT2D eigenvalue weighted by Crippen LogP contribution is -2.20. The Hall–Kier alpha value is -2.34. The number of aryl methyl sites for hydroxylation is 1. The average molecular weight is 298 g/mol. The Labute approximate surface area is 125 Å². The number of aromatic nitrogens is 4. The number of nitrogens with zero attached hydrogens (tertiary/aromatic N) is 3. The third-order valence-corrected chi connectivity index (χ3v) is 3.83. The Kier molecular flexibility index (Phi) is 3.62. The van der Waals surface area contributed by atoms with E-state index < -0.39 is 0 Å². The molecule has 3 aromatic rings. The first-order valence-electron chi connectivity index (χ1n) is 6.43. The molecule has 0 aliphatic carbocycles. The summed E-state index contributed by atoms with van der Waals surface area (Å²) in [5.41, 5.74) is 2.20. The van der Waals surface area contributed by atoms with Crippen molar-refractivity contribution in [3.63, 3.8) is 0 Å². The second-order valence-electron chi connectivity index (χ2n) is 4.53. The number of imidazole rings is 1. The van der Waals surface area contributed by atoms with Crippen LogP contribution in [0.4, 0.5) is 0 Å². The Morgan fingerprint density at radius 3 is 2.67 bits per heavy atom. The first kappa shape index (κ1) is 13.6. The Bertz CT molecular complexity index is 865. The van der Waals surface area contributed by atoms with Gasteiger partial charge in [-0.3, -0.25) is 4.57 Å². The number of aromatic amines is 1. The van der Waals surface area contributed by atoms with Crippen molar-refractivity contribution in [3.8, 4) is 0 Å². The van der Waals surface area contributed by atoms with Crippen molar-refractivity contribution in [2.45, 2.75) is 5.03 Å². The monoisotopic (exact) mass is 298 g/mol. The summed E-state index contributed by atoms with van der Waals surface area (Å²) in [6.07, 6.45) is 5.76. The molecule has 0 aliphatic rings. The lowest BCUT2D eigenvalue weighted by atomic mass is 10.2. The van der Waals surface area contributed by atoms with Crippen LogP contribution in [0.5, 0.6) is 0 Å². The van der Waals surface area contributed by atoms with Gasteiger partial charge >= 0.3 is 5.69 Å². The third kappa shape index (κ3) is 2.62. The van der Waals surface area contributed by atoms with Gasteiger partial charge in [0.1, 0.15) is 16.4 Å². The van der Waals surface area contributed by atoms with E-state index in [1.807, 2.05) is 48.7 Å². The third-order valence-electron chi connectivity index (χ3n) is 3.15. The number of benzene rings is 1. The van der Waals surface area contributed by atoms with Gasteiger partial charge in [-0.25, -0.2) is 9.78 Å². The number of hydrogen-bond donors (Lipinski definition) is 1. The van der Waals surface area contributed by atoms with Gasteiger partial charge in [0.2, 0.25) is 0 Å². The van der Waals surface area contributed by atoms with Gasteiger partial charge in [-0.15, -0.1) is 11.8 Å². The highest BCUT2D eigenvalue weighted by Gasteiger charge is 2.11. The molecule has 2 aromatic heterocycles.